The molecule has 0 bridgehead atoms. The molecule has 10 nitrogen and oxygen atoms in total. The zero-order chi connectivity index (χ0) is 28.8. The molecule has 216 valence electrons. The van der Waals surface area contributed by atoms with Crippen molar-refractivity contribution in [2.75, 3.05) is 44.7 Å². The number of carbonyl (C=O) groups is 3. The van der Waals surface area contributed by atoms with Gasteiger partial charge in [0, 0.05) is 51.9 Å². The molecule has 4 rings (SSSR count). The van der Waals surface area contributed by atoms with E-state index in [-0.39, 0.29) is 48.0 Å². The largest absolute Gasteiger partial charge is 0.489 e. The van der Waals surface area contributed by atoms with Crippen molar-refractivity contribution in [3.05, 3.63) is 47.8 Å². The summed E-state index contributed by atoms with van der Waals surface area (Å²) in [5.74, 6) is -0.236. The van der Waals surface area contributed by atoms with E-state index >= 15 is 0 Å². The minimum absolute atomic E-state index is 0.0468. The Morgan fingerprint density at radius 1 is 1.15 bits per heavy atom. The molecule has 3 amide bonds. The lowest BCUT2D eigenvalue weighted by Gasteiger charge is -2.41. The number of hydrogen-bond acceptors (Lipinski definition) is 7. The maximum absolute atomic E-state index is 13.3. The van der Waals surface area contributed by atoms with Crippen LogP contribution < -0.4 is 19.7 Å². The third-order valence-corrected chi connectivity index (χ3v) is 7.06. The molecule has 1 aromatic heterocycles. The molecule has 40 heavy (non-hydrogen) atoms. The molecule has 1 N–H and O–H groups in total. The van der Waals surface area contributed by atoms with E-state index in [1.807, 2.05) is 11.8 Å². The number of nitrogens with one attached hydrogen (secondary N) is 1. The van der Waals surface area contributed by atoms with Crippen LogP contribution in [-0.4, -0.2) is 85.0 Å². The van der Waals surface area contributed by atoms with Crippen molar-refractivity contribution in [2.24, 2.45) is 5.92 Å². The van der Waals surface area contributed by atoms with E-state index in [1.54, 1.807) is 42.3 Å². The van der Waals surface area contributed by atoms with Gasteiger partial charge < -0.3 is 29.5 Å². The SMILES string of the molecule is CCN(C)C(=O)c1cccc(CNC(=O)C2CN(c3ccc(OC(F)F)c(OCC4CC4)c3)CCN2C(C)=O)n1. The third-order valence-electron chi connectivity index (χ3n) is 7.06. The second-order valence-corrected chi connectivity index (χ2v) is 9.99. The number of rotatable bonds is 11. The number of pyridine rings is 1. The van der Waals surface area contributed by atoms with Gasteiger partial charge in [-0.2, -0.15) is 8.78 Å². The molecule has 1 aliphatic carbocycles. The molecular weight excluding hydrogens is 524 g/mol. The van der Waals surface area contributed by atoms with E-state index < -0.39 is 12.7 Å². The topological polar surface area (TPSA) is 104 Å². The van der Waals surface area contributed by atoms with Crippen LogP contribution in [0.25, 0.3) is 0 Å². The van der Waals surface area contributed by atoms with Crippen LogP contribution in [0.4, 0.5) is 14.5 Å². The van der Waals surface area contributed by atoms with Gasteiger partial charge in [0.25, 0.3) is 5.91 Å². The summed E-state index contributed by atoms with van der Waals surface area (Å²) in [6.45, 7) is 2.26. The molecule has 1 aliphatic heterocycles. The molecule has 2 aromatic rings. The highest BCUT2D eigenvalue weighted by Gasteiger charge is 2.34. The van der Waals surface area contributed by atoms with E-state index in [9.17, 15) is 23.2 Å². The van der Waals surface area contributed by atoms with Crippen molar-refractivity contribution >= 4 is 23.4 Å². The summed E-state index contributed by atoms with van der Waals surface area (Å²) in [6.07, 6.45) is 2.08. The molecule has 1 atom stereocenters. The highest BCUT2D eigenvalue weighted by atomic mass is 19.3. The molecule has 1 saturated carbocycles. The Morgan fingerprint density at radius 2 is 1.93 bits per heavy atom. The van der Waals surface area contributed by atoms with Crippen LogP contribution in [0, 0.1) is 5.92 Å². The normalized spacial score (nSPS) is 17.0. The number of ether oxygens (including phenoxy) is 2. The van der Waals surface area contributed by atoms with E-state index in [2.05, 4.69) is 15.0 Å². The Kier molecular flexibility index (Phi) is 9.38. The van der Waals surface area contributed by atoms with Crippen molar-refractivity contribution < 1.29 is 32.6 Å². The van der Waals surface area contributed by atoms with Crippen molar-refractivity contribution in [3.8, 4) is 11.5 Å². The lowest BCUT2D eigenvalue weighted by Crippen LogP contribution is -2.60. The first kappa shape index (κ1) is 29.0. The summed E-state index contributed by atoms with van der Waals surface area (Å²) in [6, 6.07) is 8.96. The number of aromatic nitrogens is 1. The first-order chi connectivity index (χ1) is 19.2. The Bertz CT molecular complexity index is 1230. The van der Waals surface area contributed by atoms with Crippen LogP contribution in [0.5, 0.6) is 11.5 Å². The highest BCUT2D eigenvalue weighted by molar-refractivity contribution is 5.92. The monoisotopic (exact) mass is 559 g/mol. The van der Waals surface area contributed by atoms with Gasteiger partial charge in [0.05, 0.1) is 18.8 Å². The third kappa shape index (κ3) is 7.36. The molecule has 1 aromatic carbocycles. The Hall–Kier alpha value is -3.96. The summed E-state index contributed by atoms with van der Waals surface area (Å²) >= 11 is 0. The van der Waals surface area contributed by atoms with Crippen molar-refractivity contribution in [3.63, 3.8) is 0 Å². The van der Waals surface area contributed by atoms with E-state index in [1.165, 1.54) is 17.9 Å². The molecule has 2 aliphatic rings. The smallest absolute Gasteiger partial charge is 0.387 e. The highest BCUT2D eigenvalue weighted by Crippen LogP contribution is 2.36. The second-order valence-electron chi connectivity index (χ2n) is 9.99. The minimum Gasteiger partial charge on any atom is -0.489 e. The maximum Gasteiger partial charge on any atom is 0.387 e. The van der Waals surface area contributed by atoms with Gasteiger partial charge in [-0.15, -0.1) is 0 Å². The number of benzene rings is 1. The summed E-state index contributed by atoms with van der Waals surface area (Å²) in [7, 11) is 1.69. The van der Waals surface area contributed by atoms with Crippen LogP contribution in [0.1, 0.15) is 42.9 Å². The number of carbonyl (C=O) groups excluding carboxylic acids is 3. The molecule has 2 heterocycles. The maximum atomic E-state index is 13.3. The van der Waals surface area contributed by atoms with Crippen LogP contribution in [0.3, 0.4) is 0 Å². The number of anilines is 1. The molecule has 1 saturated heterocycles. The van der Waals surface area contributed by atoms with Crippen molar-refractivity contribution in [2.45, 2.75) is 45.9 Å². The predicted molar refractivity (Wildman–Crippen MR) is 143 cm³/mol. The first-order valence-corrected chi connectivity index (χ1v) is 13.4. The second kappa shape index (κ2) is 12.9. The minimum atomic E-state index is -2.98. The van der Waals surface area contributed by atoms with E-state index in [0.717, 1.165) is 12.8 Å². The standard InChI is InChI=1S/C28H35F2N5O5/c1-4-33(3)27(38)22-7-5-6-20(32-22)15-31-26(37)23-16-34(12-13-35(23)18(2)36)21-10-11-24(40-28(29)30)25(14-21)39-17-19-8-9-19/h5-7,10-11,14,19,23,28H,4,8-9,12-13,15-17H2,1-3H3,(H,31,37). The fourth-order valence-electron chi connectivity index (χ4n) is 4.44. The Balaban J connectivity index is 1.46. The van der Waals surface area contributed by atoms with Crippen molar-refractivity contribution in [1.82, 2.24) is 20.1 Å². The summed E-state index contributed by atoms with van der Waals surface area (Å²) in [5.41, 5.74) is 1.46. The van der Waals surface area contributed by atoms with Crippen LogP contribution in [0.2, 0.25) is 0 Å². The summed E-state index contributed by atoms with van der Waals surface area (Å²) in [4.78, 5) is 47.5. The number of halogens is 2. The average molecular weight is 560 g/mol. The van der Waals surface area contributed by atoms with Gasteiger partial charge in [0.2, 0.25) is 11.8 Å². The molecule has 0 radical (unpaired) electrons. The summed E-state index contributed by atoms with van der Waals surface area (Å²) < 4.78 is 36.3. The fraction of sp³-hybridized carbons (Fsp3) is 0.500. The van der Waals surface area contributed by atoms with E-state index in [4.69, 9.17) is 4.74 Å². The molecule has 2 fully saturated rings. The van der Waals surface area contributed by atoms with E-state index in [0.29, 0.717) is 43.5 Å². The zero-order valence-corrected chi connectivity index (χ0v) is 22.9. The van der Waals surface area contributed by atoms with Crippen LogP contribution in [-0.2, 0) is 16.1 Å². The van der Waals surface area contributed by atoms with Gasteiger partial charge in [-0.3, -0.25) is 14.4 Å². The Morgan fingerprint density at radius 3 is 2.60 bits per heavy atom. The van der Waals surface area contributed by atoms with Crippen molar-refractivity contribution in [1.29, 1.82) is 0 Å². The van der Waals surface area contributed by atoms with Gasteiger partial charge in [0.1, 0.15) is 11.7 Å². The summed E-state index contributed by atoms with van der Waals surface area (Å²) in [5, 5.41) is 2.84. The van der Waals surface area contributed by atoms with Gasteiger partial charge in [-0.25, -0.2) is 4.98 Å². The van der Waals surface area contributed by atoms with Gasteiger partial charge >= 0.3 is 6.61 Å². The number of hydrogen-bond donors (Lipinski definition) is 1. The predicted octanol–water partition coefficient (Wildman–Crippen LogP) is 2.92. The molecule has 1 unspecified atom stereocenters. The van der Waals surface area contributed by atoms with Crippen LogP contribution >= 0.6 is 0 Å². The number of alkyl halides is 2. The first-order valence-electron chi connectivity index (χ1n) is 13.4. The molecule has 0 spiro atoms. The quantitative estimate of drug-likeness (QED) is 0.452. The molecule has 12 heteroatoms. The van der Waals surface area contributed by atoms with Gasteiger partial charge in [-0.1, -0.05) is 6.07 Å². The number of amides is 3. The fourth-order valence-corrected chi connectivity index (χ4v) is 4.44. The lowest BCUT2D eigenvalue weighted by atomic mass is 10.1. The average Bonchev–Trinajstić information content (AvgIpc) is 3.78. The Labute approximate surface area is 232 Å². The van der Waals surface area contributed by atoms with Crippen LogP contribution in [0.15, 0.2) is 36.4 Å². The number of piperazine rings is 1. The zero-order valence-electron chi connectivity index (χ0n) is 22.9. The number of nitrogens with zero attached hydrogens (tertiary/aromatic N) is 4. The molecular formula is C28H35F2N5O5. The lowest BCUT2D eigenvalue weighted by molar-refractivity contribution is -0.139. The van der Waals surface area contributed by atoms with Gasteiger partial charge in [0.15, 0.2) is 11.5 Å². The van der Waals surface area contributed by atoms with Gasteiger partial charge in [-0.05, 0) is 49.9 Å².